The van der Waals surface area contributed by atoms with Crippen LogP contribution in [0.15, 0.2) is 18.2 Å². The van der Waals surface area contributed by atoms with E-state index in [4.69, 9.17) is 11.6 Å². The number of Topliss-reactive ketones (excluding diaryl/α,β-unsaturated/α-hetero) is 1. The van der Waals surface area contributed by atoms with Crippen molar-refractivity contribution >= 4 is 17.4 Å². The molecule has 104 valence electrons. The van der Waals surface area contributed by atoms with Gasteiger partial charge >= 0.3 is 0 Å². The van der Waals surface area contributed by atoms with E-state index in [-0.39, 0.29) is 11.2 Å². The molecular weight excluding hydrogens is 258 g/mol. The average molecular weight is 280 g/mol. The number of hydrogen-bond acceptors (Lipinski definition) is 2. The average Bonchev–Trinajstić information content (AvgIpc) is 2.39. The van der Waals surface area contributed by atoms with Crippen molar-refractivity contribution in [3.05, 3.63) is 34.3 Å². The molecule has 0 aromatic heterocycles. The summed E-state index contributed by atoms with van der Waals surface area (Å²) in [7, 11) is 0. The van der Waals surface area contributed by atoms with Gasteiger partial charge in [0.1, 0.15) is 0 Å². The summed E-state index contributed by atoms with van der Waals surface area (Å²) in [6.07, 6.45) is 4.08. The van der Waals surface area contributed by atoms with E-state index >= 15 is 0 Å². The first-order valence-electron chi connectivity index (χ1n) is 7.11. The van der Waals surface area contributed by atoms with Crippen LogP contribution in [-0.4, -0.2) is 18.9 Å². The van der Waals surface area contributed by atoms with E-state index in [0.29, 0.717) is 5.02 Å². The molecule has 0 bridgehead atoms. The molecule has 0 spiro atoms. The maximum Gasteiger partial charge on any atom is 0.170 e. The number of carbonyl (C=O) groups is 1. The molecule has 2 nitrogen and oxygen atoms in total. The molecule has 1 aromatic carbocycles. The lowest BCUT2D eigenvalue weighted by Gasteiger charge is -2.36. The molecule has 1 fully saturated rings. The van der Waals surface area contributed by atoms with Crippen LogP contribution in [0.2, 0.25) is 5.02 Å². The Balaban J connectivity index is 2.33. The highest BCUT2D eigenvalue weighted by Gasteiger charge is 2.39. The number of halogens is 1. The van der Waals surface area contributed by atoms with Crippen molar-refractivity contribution in [2.45, 2.75) is 39.5 Å². The van der Waals surface area contributed by atoms with Crippen molar-refractivity contribution in [3.8, 4) is 0 Å². The van der Waals surface area contributed by atoms with Gasteiger partial charge < -0.3 is 5.32 Å². The van der Waals surface area contributed by atoms with Crippen molar-refractivity contribution in [2.24, 2.45) is 5.41 Å². The van der Waals surface area contributed by atoms with Crippen LogP contribution in [0, 0.1) is 12.3 Å². The highest BCUT2D eigenvalue weighted by atomic mass is 35.5. The van der Waals surface area contributed by atoms with Gasteiger partial charge in [0.05, 0.1) is 0 Å². The Bertz CT molecular complexity index is 458. The highest BCUT2D eigenvalue weighted by molar-refractivity contribution is 6.30. The number of benzene rings is 1. The fraction of sp³-hybridized carbons (Fsp3) is 0.562. The minimum Gasteiger partial charge on any atom is -0.316 e. The summed E-state index contributed by atoms with van der Waals surface area (Å²) < 4.78 is 0. The lowest BCUT2D eigenvalue weighted by molar-refractivity contribution is 0.0717. The molecule has 2 rings (SSSR count). The van der Waals surface area contributed by atoms with Crippen molar-refractivity contribution < 1.29 is 4.79 Å². The predicted molar refractivity (Wildman–Crippen MR) is 80.0 cm³/mol. The van der Waals surface area contributed by atoms with Gasteiger partial charge in [-0.05, 0) is 56.5 Å². The van der Waals surface area contributed by atoms with Crippen LogP contribution in [0.5, 0.6) is 0 Å². The van der Waals surface area contributed by atoms with Crippen molar-refractivity contribution in [1.82, 2.24) is 5.32 Å². The quantitative estimate of drug-likeness (QED) is 0.844. The maximum absolute atomic E-state index is 13.0. The summed E-state index contributed by atoms with van der Waals surface area (Å²) >= 11 is 5.98. The van der Waals surface area contributed by atoms with Crippen molar-refractivity contribution in [2.75, 3.05) is 13.1 Å². The van der Waals surface area contributed by atoms with Crippen LogP contribution in [0.3, 0.4) is 0 Å². The topological polar surface area (TPSA) is 29.1 Å². The van der Waals surface area contributed by atoms with Gasteiger partial charge in [0.15, 0.2) is 5.78 Å². The van der Waals surface area contributed by atoms with E-state index in [1.807, 2.05) is 25.1 Å². The lowest BCUT2D eigenvalue weighted by Crippen LogP contribution is -2.45. The van der Waals surface area contributed by atoms with Gasteiger partial charge in [-0.1, -0.05) is 24.9 Å². The maximum atomic E-state index is 13.0. The first-order chi connectivity index (χ1) is 9.09. The smallest absolute Gasteiger partial charge is 0.170 e. The van der Waals surface area contributed by atoms with Gasteiger partial charge in [-0.15, -0.1) is 0 Å². The number of piperidine rings is 1. The zero-order chi connectivity index (χ0) is 13.9. The second-order valence-corrected chi connectivity index (χ2v) is 6.04. The van der Waals surface area contributed by atoms with Crippen LogP contribution in [0.25, 0.3) is 0 Å². The lowest BCUT2D eigenvalue weighted by atomic mass is 9.71. The minimum absolute atomic E-state index is 0.217. The Morgan fingerprint density at radius 3 is 2.84 bits per heavy atom. The summed E-state index contributed by atoms with van der Waals surface area (Å²) in [6, 6.07) is 5.58. The minimum atomic E-state index is -0.217. The third-order valence-electron chi connectivity index (χ3n) is 4.12. The van der Waals surface area contributed by atoms with E-state index < -0.39 is 0 Å². The molecule has 1 aliphatic heterocycles. The molecule has 1 N–H and O–H groups in total. The van der Waals surface area contributed by atoms with Crippen molar-refractivity contribution in [3.63, 3.8) is 0 Å². The third kappa shape index (κ3) is 3.01. The van der Waals surface area contributed by atoms with Gasteiger partial charge in [-0.2, -0.15) is 0 Å². The van der Waals surface area contributed by atoms with Gasteiger partial charge in [0.2, 0.25) is 0 Å². The molecule has 1 atom stereocenters. The molecule has 1 aromatic rings. The molecule has 3 heteroatoms. The molecule has 0 amide bonds. The van der Waals surface area contributed by atoms with Gasteiger partial charge in [0, 0.05) is 22.5 Å². The summed E-state index contributed by atoms with van der Waals surface area (Å²) in [5.74, 6) is 0.288. The number of ketones is 1. The zero-order valence-electron chi connectivity index (χ0n) is 11.8. The molecule has 0 saturated carbocycles. The Hall–Kier alpha value is -0.860. The molecular formula is C16H22ClNO. The summed E-state index contributed by atoms with van der Waals surface area (Å²) in [5, 5.41) is 4.09. The Morgan fingerprint density at radius 2 is 2.26 bits per heavy atom. The second kappa shape index (κ2) is 6.06. The molecule has 0 aliphatic carbocycles. The third-order valence-corrected chi connectivity index (χ3v) is 4.35. The van der Waals surface area contributed by atoms with Gasteiger partial charge in [0.25, 0.3) is 0 Å². The van der Waals surface area contributed by atoms with Crippen LogP contribution in [-0.2, 0) is 0 Å². The van der Waals surface area contributed by atoms with Crippen LogP contribution in [0.1, 0.15) is 48.5 Å². The predicted octanol–water partition coefficient (Wildman–Crippen LogP) is 4.00. The van der Waals surface area contributed by atoms with Crippen molar-refractivity contribution in [1.29, 1.82) is 0 Å². The zero-order valence-corrected chi connectivity index (χ0v) is 12.5. The number of nitrogens with one attached hydrogen (secondary N) is 1. The normalized spacial score (nSPS) is 23.3. The monoisotopic (exact) mass is 279 g/mol. The highest BCUT2D eigenvalue weighted by Crippen LogP contribution is 2.36. The van der Waals surface area contributed by atoms with E-state index in [2.05, 4.69) is 12.2 Å². The fourth-order valence-electron chi connectivity index (χ4n) is 3.13. The Labute approximate surface area is 120 Å². The Morgan fingerprint density at radius 1 is 1.47 bits per heavy atom. The molecule has 1 aliphatic rings. The molecule has 1 saturated heterocycles. The van der Waals surface area contributed by atoms with Gasteiger partial charge in [-0.25, -0.2) is 0 Å². The van der Waals surface area contributed by atoms with E-state index in [9.17, 15) is 4.79 Å². The van der Waals surface area contributed by atoms with E-state index in [0.717, 1.165) is 49.9 Å². The first-order valence-corrected chi connectivity index (χ1v) is 7.48. The molecule has 1 heterocycles. The van der Waals surface area contributed by atoms with Gasteiger partial charge in [-0.3, -0.25) is 4.79 Å². The largest absolute Gasteiger partial charge is 0.316 e. The fourth-order valence-corrected chi connectivity index (χ4v) is 3.36. The first kappa shape index (κ1) is 14.5. The standard InChI is InChI=1S/C16H22ClNO/c1-3-7-16(8-4-9-18-11-16)15(19)14-6-5-13(17)10-12(14)2/h5-6,10,18H,3-4,7-9,11H2,1-2H3. The summed E-state index contributed by atoms with van der Waals surface area (Å²) in [4.78, 5) is 13.0. The number of rotatable bonds is 4. The van der Waals surface area contributed by atoms with Crippen LogP contribution in [0.4, 0.5) is 0 Å². The second-order valence-electron chi connectivity index (χ2n) is 5.60. The summed E-state index contributed by atoms with van der Waals surface area (Å²) in [6.45, 7) is 5.95. The molecule has 0 radical (unpaired) electrons. The van der Waals surface area contributed by atoms with E-state index in [1.165, 1.54) is 0 Å². The number of hydrogen-bond donors (Lipinski definition) is 1. The molecule has 1 unspecified atom stereocenters. The SMILES string of the molecule is CCCC1(C(=O)c2ccc(Cl)cc2C)CCCNC1. The summed E-state index contributed by atoms with van der Waals surface area (Å²) in [5.41, 5.74) is 1.60. The van der Waals surface area contributed by atoms with Crippen LogP contribution < -0.4 is 5.32 Å². The molecule has 19 heavy (non-hydrogen) atoms. The number of carbonyl (C=O) groups excluding carboxylic acids is 1. The number of aryl methyl sites for hydroxylation is 1. The van der Waals surface area contributed by atoms with Crippen LogP contribution >= 0.6 is 11.6 Å². The Kier molecular flexibility index (Phi) is 4.64. The van der Waals surface area contributed by atoms with E-state index in [1.54, 1.807) is 0 Å².